The van der Waals surface area contributed by atoms with Gasteiger partial charge in [0.1, 0.15) is 11.6 Å². The molecule has 0 saturated heterocycles. The van der Waals surface area contributed by atoms with Crippen molar-refractivity contribution < 1.29 is 4.79 Å². The fourth-order valence-corrected chi connectivity index (χ4v) is 4.75. The highest BCUT2D eigenvalue weighted by atomic mass is 16.1. The zero-order chi connectivity index (χ0) is 20.8. The summed E-state index contributed by atoms with van der Waals surface area (Å²) in [5.74, 6) is 1.94. The van der Waals surface area contributed by atoms with Crippen molar-refractivity contribution >= 4 is 17.5 Å². The van der Waals surface area contributed by atoms with Crippen LogP contribution >= 0.6 is 0 Å². The summed E-state index contributed by atoms with van der Waals surface area (Å²) in [6.45, 7) is 3.99. The maximum absolute atomic E-state index is 13.0. The van der Waals surface area contributed by atoms with Gasteiger partial charge >= 0.3 is 0 Å². The van der Waals surface area contributed by atoms with Gasteiger partial charge in [0.15, 0.2) is 0 Å². The number of rotatable bonds is 4. The van der Waals surface area contributed by atoms with Gasteiger partial charge in [-0.3, -0.25) is 4.79 Å². The Morgan fingerprint density at radius 3 is 2.73 bits per heavy atom. The summed E-state index contributed by atoms with van der Waals surface area (Å²) in [7, 11) is 0. The van der Waals surface area contributed by atoms with Gasteiger partial charge in [0.05, 0.1) is 0 Å². The van der Waals surface area contributed by atoms with Gasteiger partial charge in [-0.05, 0) is 72.4 Å². The standard InChI is InChI=1S/C25H24N4O/c1-14-10-23(26)28-15(2)21(14)12-18-4-3-9-27-24(18)29-25(30)19-7-8-20-16-5-6-17(11-16)22(20)13-19/h3-10,13,16-17H,11-12H2,1-2H3,(H2,26,28)(H,27,29,30). The molecule has 3 aromatic rings. The van der Waals surface area contributed by atoms with E-state index in [0.29, 0.717) is 35.5 Å². The SMILES string of the molecule is Cc1cc(N)nc(C)c1Cc1cccnc1NC(=O)c1ccc2c(c1)C1C=CC2C1. The third kappa shape index (κ3) is 3.16. The molecule has 2 unspecified atom stereocenters. The van der Waals surface area contributed by atoms with Crippen molar-refractivity contribution in [1.29, 1.82) is 0 Å². The van der Waals surface area contributed by atoms with Crippen LogP contribution in [0.15, 0.2) is 54.7 Å². The largest absolute Gasteiger partial charge is 0.384 e. The van der Waals surface area contributed by atoms with Gasteiger partial charge in [0, 0.05) is 35.7 Å². The van der Waals surface area contributed by atoms with Crippen LogP contribution in [0.5, 0.6) is 0 Å². The lowest BCUT2D eigenvalue weighted by molar-refractivity contribution is 0.102. The van der Waals surface area contributed by atoms with Crippen molar-refractivity contribution in [3.63, 3.8) is 0 Å². The van der Waals surface area contributed by atoms with Crippen LogP contribution in [0.4, 0.5) is 11.6 Å². The molecule has 150 valence electrons. The van der Waals surface area contributed by atoms with Gasteiger partial charge in [0.2, 0.25) is 0 Å². The van der Waals surface area contributed by atoms with Crippen molar-refractivity contribution in [2.75, 3.05) is 11.1 Å². The first-order chi connectivity index (χ1) is 14.5. The quantitative estimate of drug-likeness (QED) is 0.629. The topological polar surface area (TPSA) is 80.9 Å². The van der Waals surface area contributed by atoms with E-state index in [-0.39, 0.29) is 5.91 Å². The van der Waals surface area contributed by atoms with Crippen LogP contribution in [0.1, 0.15) is 62.1 Å². The van der Waals surface area contributed by atoms with Crippen molar-refractivity contribution in [3.05, 3.63) is 93.8 Å². The number of carbonyl (C=O) groups is 1. The van der Waals surface area contributed by atoms with Gasteiger partial charge < -0.3 is 11.1 Å². The number of allylic oxidation sites excluding steroid dienone is 2. The average Bonchev–Trinajstić information content (AvgIpc) is 3.34. The molecule has 0 aliphatic heterocycles. The van der Waals surface area contributed by atoms with E-state index in [1.807, 2.05) is 44.2 Å². The van der Waals surface area contributed by atoms with Gasteiger partial charge in [-0.15, -0.1) is 0 Å². The van der Waals surface area contributed by atoms with E-state index in [9.17, 15) is 4.79 Å². The van der Waals surface area contributed by atoms with Gasteiger partial charge in [-0.25, -0.2) is 9.97 Å². The molecule has 3 N–H and O–H groups in total. The van der Waals surface area contributed by atoms with Crippen molar-refractivity contribution in [2.45, 2.75) is 38.5 Å². The van der Waals surface area contributed by atoms with Crippen molar-refractivity contribution in [2.24, 2.45) is 0 Å². The Balaban J connectivity index is 1.40. The number of aromatic nitrogens is 2. The van der Waals surface area contributed by atoms with E-state index in [1.165, 1.54) is 11.1 Å². The Morgan fingerprint density at radius 1 is 1.13 bits per heavy atom. The molecule has 30 heavy (non-hydrogen) atoms. The highest BCUT2D eigenvalue weighted by Gasteiger charge is 2.32. The Morgan fingerprint density at radius 2 is 1.93 bits per heavy atom. The first-order valence-corrected chi connectivity index (χ1v) is 10.3. The number of nitrogen functional groups attached to an aromatic ring is 1. The summed E-state index contributed by atoms with van der Waals surface area (Å²) in [6.07, 6.45) is 8.01. The number of fused-ring (bicyclic) bond motifs is 5. The van der Waals surface area contributed by atoms with Crippen LogP contribution in [0.25, 0.3) is 0 Å². The van der Waals surface area contributed by atoms with Crippen molar-refractivity contribution in [1.82, 2.24) is 9.97 Å². The molecule has 1 aromatic carbocycles. The second kappa shape index (κ2) is 7.10. The highest BCUT2D eigenvalue weighted by Crippen LogP contribution is 2.48. The van der Waals surface area contributed by atoms with E-state index >= 15 is 0 Å². The number of nitrogens with two attached hydrogens (primary N) is 1. The second-order valence-corrected chi connectivity index (χ2v) is 8.25. The molecule has 1 amide bonds. The van der Waals surface area contributed by atoms with E-state index in [2.05, 4.69) is 33.5 Å². The Labute approximate surface area is 176 Å². The van der Waals surface area contributed by atoms with Crippen molar-refractivity contribution in [3.8, 4) is 0 Å². The summed E-state index contributed by atoms with van der Waals surface area (Å²) in [6, 6.07) is 11.8. The van der Waals surface area contributed by atoms with E-state index in [4.69, 9.17) is 5.73 Å². The minimum absolute atomic E-state index is 0.131. The average molecular weight is 396 g/mol. The van der Waals surface area contributed by atoms with Gasteiger partial charge in [-0.1, -0.05) is 24.3 Å². The number of amides is 1. The molecular formula is C25H24N4O. The van der Waals surface area contributed by atoms with Crippen LogP contribution in [-0.2, 0) is 6.42 Å². The Kier molecular flexibility index (Phi) is 4.39. The number of anilines is 2. The lowest BCUT2D eigenvalue weighted by Gasteiger charge is -2.15. The molecule has 2 aromatic heterocycles. The Hall–Kier alpha value is -3.47. The summed E-state index contributed by atoms with van der Waals surface area (Å²) in [4.78, 5) is 21.8. The number of aryl methyl sites for hydroxylation is 2. The molecule has 5 rings (SSSR count). The van der Waals surface area contributed by atoms with Gasteiger partial charge in [-0.2, -0.15) is 0 Å². The summed E-state index contributed by atoms with van der Waals surface area (Å²) < 4.78 is 0. The van der Waals surface area contributed by atoms with E-state index in [0.717, 1.165) is 28.8 Å². The summed E-state index contributed by atoms with van der Waals surface area (Å²) in [5, 5.41) is 3.02. The fourth-order valence-electron chi connectivity index (χ4n) is 4.75. The molecule has 0 fully saturated rings. The monoisotopic (exact) mass is 396 g/mol. The molecule has 0 saturated carbocycles. The minimum Gasteiger partial charge on any atom is -0.384 e. The lowest BCUT2D eigenvalue weighted by atomic mass is 9.94. The molecule has 2 bridgehead atoms. The lowest BCUT2D eigenvalue weighted by Crippen LogP contribution is -2.15. The number of carbonyl (C=O) groups excluding carboxylic acids is 1. The molecular weight excluding hydrogens is 372 g/mol. The first kappa shape index (κ1) is 18.6. The zero-order valence-corrected chi connectivity index (χ0v) is 17.1. The van der Waals surface area contributed by atoms with E-state index < -0.39 is 0 Å². The molecule has 2 aliphatic carbocycles. The first-order valence-electron chi connectivity index (χ1n) is 10.3. The number of pyridine rings is 2. The molecule has 2 heterocycles. The number of nitrogens with one attached hydrogen (secondary N) is 1. The normalized spacial score (nSPS) is 18.5. The zero-order valence-electron chi connectivity index (χ0n) is 17.1. The number of nitrogens with zero attached hydrogens (tertiary/aromatic N) is 2. The molecule has 0 radical (unpaired) electrons. The third-order valence-electron chi connectivity index (χ3n) is 6.30. The van der Waals surface area contributed by atoms with Crippen LogP contribution in [0.3, 0.4) is 0 Å². The summed E-state index contributed by atoms with van der Waals surface area (Å²) >= 11 is 0. The van der Waals surface area contributed by atoms with Crippen LogP contribution < -0.4 is 11.1 Å². The second-order valence-electron chi connectivity index (χ2n) is 8.25. The predicted octanol–water partition coefficient (Wildman–Crippen LogP) is 4.66. The molecule has 2 aliphatic rings. The maximum atomic E-state index is 13.0. The van der Waals surface area contributed by atoms with Crippen LogP contribution in [0.2, 0.25) is 0 Å². The fraction of sp³-hybridized carbons (Fsp3) is 0.240. The smallest absolute Gasteiger partial charge is 0.256 e. The maximum Gasteiger partial charge on any atom is 0.256 e. The third-order valence-corrected chi connectivity index (χ3v) is 6.30. The molecule has 5 heteroatoms. The van der Waals surface area contributed by atoms with Crippen LogP contribution in [0, 0.1) is 13.8 Å². The minimum atomic E-state index is -0.131. The molecule has 5 nitrogen and oxygen atoms in total. The molecule has 0 spiro atoms. The number of hydrogen-bond donors (Lipinski definition) is 2. The van der Waals surface area contributed by atoms with E-state index in [1.54, 1.807) is 6.20 Å². The van der Waals surface area contributed by atoms with Gasteiger partial charge in [0.25, 0.3) is 5.91 Å². The highest BCUT2D eigenvalue weighted by molar-refractivity contribution is 6.04. The predicted molar refractivity (Wildman–Crippen MR) is 119 cm³/mol. The van der Waals surface area contributed by atoms with Crippen LogP contribution in [-0.4, -0.2) is 15.9 Å². The number of hydrogen-bond acceptors (Lipinski definition) is 4. The Bertz CT molecular complexity index is 1170. The number of benzene rings is 1. The summed E-state index contributed by atoms with van der Waals surface area (Å²) in [5.41, 5.74) is 13.2. The molecule has 2 atom stereocenters.